The van der Waals surface area contributed by atoms with Crippen LogP contribution < -0.4 is 0 Å². The Morgan fingerprint density at radius 2 is 2.05 bits per heavy atom. The van der Waals surface area contributed by atoms with Gasteiger partial charge in [0.15, 0.2) is 0 Å². The number of hydrogen-bond acceptors (Lipinski definition) is 6. The monoisotopic (exact) mass is 326 g/mol. The van der Waals surface area contributed by atoms with Gasteiger partial charge in [-0.05, 0) is 19.4 Å². The van der Waals surface area contributed by atoms with Crippen LogP contribution in [0.4, 0.5) is 0 Å². The van der Waals surface area contributed by atoms with E-state index in [1.54, 1.807) is 0 Å². The highest BCUT2D eigenvalue weighted by atomic mass is 32.2. The maximum Gasteiger partial charge on any atom is 0.239 e. The van der Waals surface area contributed by atoms with Crippen molar-refractivity contribution in [3.63, 3.8) is 0 Å². The molecule has 21 heavy (non-hydrogen) atoms. The van der Waals surface area contributed by atoms with Gasteiger partial charge in [-0.2, -0.15) is 4.98 Å². The number of thioether (sulfide) groups is 1. The fourth-order valence-corrected chi connectivity index (χ4v) is 3.97. The highest BCUT2D eigenvalue weighted by Gasteiger charge is 2.17. The summed E-state index contributed by atoms with van der Waals surface area (Å²) in [5.74, 6) is 1.76. The van der Waals surface area contributed by atoms with Gasteiger partial charge in [0.1, 0.15) is 9.84 Å². The molecular formula is C14H18N2O3S2. The van der Waals surface area contributed by atoms with Crippen molar-refractivity contribution in [2.45, 2.75) is 19.1 Å². The molecule has 2 rings (SSSR count). The molecule has 0 saturated carbocycles. The summed E-state index contributed by atoms with van der Waals surface area (Å²) in [6, 6.07) is 7.84. The molecule has 0 aliphatic carbocycles. The van der Waals surface area contributed by atoms with Gasteiger partial charge in [0.2, 0.25) is 11.7 Å². The SMILES string of the molecule is Cc1ccccc1-c1noc([C@H](C)SCCS(C)(=O)=O)n1. The molecule has 5 nitrogen and oxygen atoms in total. The van der Waals surface area contributed by atoms with Gasteiger partial charge in [-0.25, -0.2) is 8.42 Å². The van der Waals surface area contributed by atoms with Gasteiger partial charge >= 0.3 is 0 Å². The van der Waals surface area contributed by atoms with Crippen LogP contribution in [0.1, 0.15) is 23.6 Å². The van der Waals surface area contributed by atoms with Gasteiger partial charge in [-0.15, -0.1) is 11.8 Å². The summed E-state index contributed by atoms with van der Waals surface area (Å²) >= 11 is 1.49. The molecule has 0 spiro atoms. The fraction of sp³-hybridized carbons (Fsp3) is 0.429. The summed E-state index contributed by atoms with van der Waals surface area (Å²) in [7, 11) is -2.93. The Labute approximate surface area is 129 Å². The summed E-state index contributed by atoms with van der Waals surface area (Å²) in [4.78, 5) is 4.41. The lowest BCUT2D eigenvalue weighted by atomic mass is 10.1. The van der Waals surface area contributed by atoms with Crippen LogP contribution in [0.5, 0.6) is 0 Å². The molecule has 0 unspecified atom stereocenters. The van der Waals surface area contributed by atoms with E-state index in [1.165, 1.54) is 18.0 Å². The van der Waals surface area contributed by atoms with E-state index in [-0.39, 0.29) is 11.0 Å². The fourth-order valence-electron chi connectivity index (χ4n) is 1.78. The molecule has 0 saturated heterocycles. The highest BCUT2D eigenvalue weighted by molar-refractivity contribution is 8.00. The first-order valence-electron chi connectivity index (χ1n) is 6.56. The molecule has 2 aromatic rings. The molecule has 114 valence electrons. The van der Waals surface area contributed by atoms with Crippen LogP contribution >= 0.6 is 11.8 Å². The molecule has 1 aromatic heterocycles. The number of aromatic nitrogens is 2. The Morgan fingerprint density at radius 3 is 2.71 bits per heavy atom. The quantitative estimate of drug-likeness (QED) is 0.812. The summed E-state index contributed by atoms with van der Waals surface area (Å²) in [5.41, 5.74) is 2.03. The molecule has 7 heteroatoms. The minimum Gasteiger partial charge on any atom is -0.338 e. The van der Waals surface area contributed by atoms with Crippen LogP contribution in [0, 0.1) is 6.92 Å². The van der Waals surface area contributed by atoms with Crippen molar-refractivity contribution < 1.29 is 12.9 Å². The number of nitrogens with zero attached hydrogens (tertiary/aromatic N) is 2. The van der Waals surface area contributed by atoms with E-state index in [9.17, 15) is 8.42 Å². The van der Waals surface area contributed by atoms with Crippen LogP contribution in [0.2, 0.25) is 0 Å². The number of aryl methyl sites for hydroxylation is 1. The van der Waals surface area contributed by atoms with E-state index in [2.05, 4.69) is 10.1 Å². The van der Waals surface area contributed by atoms with Gasteiger partial charge in [0.05, 0.1) is 11.0 Å². The Hall–Kier alpha value is -1.34. The molecule has 1 aromatic carbocycles. The zero-order valence-electron chi connectivity index (χ0n) is 12.2. The Kier molecular flexibility index (Phi) is 5.05. The molecule has 0 bridgehead atoms. The van der Waals surface area contributed by atoms with Crippen LogP contribution in [0.3, 0.4) is 0 Å². The Balaban J connectivity index is 2.04. The molecule has 0 N–H and O–H groups in total. The van der Waals surface area contributed by atoms with Crippen molar-refractivity contribution >= 4 is 21.6 Å². The lowest BCUT2D eigenvalue weighted by molar-refractivity contribution is 0.381. The van der Waals surface area contributed by atoms with Gasteiger partial charge in [-0.1, -0.05) is 29.4 Å². The van der Waals surface area contributed by atoms with E-state index in [4.69, 9.17) is 4.52 Å². The van der Waals surface area contributed by atoms with Crippen molar-refractivity contribution in [2.24, 2.45) is 0 Å². The first-order chi connectivity index (χ1) is 9.87. The summed E-state index contributed by atoms with van der Waals surface area (Å²) in [5, 5.41) is 3.98. The van der Waals surface area contributed by atoms with E-state index >= 15 is 0 Å². The van der Waals surface area contributed by atoms with Crippen molar-refractivity contribution in [1.82, 2.24) is 10.1 Å². The molecule has 1 atom stereocenters. The van der Waals surface area contributed by atoms with Crippen molar-refractivity contribution in [1.29, 1.82) is 0 Å². The van der Waals surface area contributed by atoms with Crippen molar-refractivity contribution in [3.05, 3.63) is 35.7 Å². The summed E-state index contributed by atoms with van der Waals surface area (Å²) in [6.45, 7) is 3.93. The Bertz CT molecular complexity index is 711. The van der Waals surface area contributed by atoms with Gasteiger partial charge in [0, 0.05) is 17.6 Å². The van der Waals surface area contributed by atoms with Crippen LogP contribution in [0.25, 0.3) is 11.4 Å². The average Bonchev–Trinajstić information content (AvgIpc) is 2.87. The largest absolute Gasteiger partial charge is 0.338 e. The maximum absolute atomic E-state index is 11.1. The number of rotatable bonds is 6. The third kappa shape index (κ3) is 4.57. The standard InChI is InChI=1S/C14H18N2O3S2/c1-10-6-4-5-7-12(10)13-15-14(19-16-13)11(2)20-8-9-21(3,17)18/h4-7,11H,8-9H2,1-3H3/t11-/m0/s1. The molecule has 0 radical (unpaired) electrons. The van der Waals surface area contributed by atoms with Crippen LogP contribution in [-0.2, 0) is 9.84 Å². The normalized spacial score (nSPS) is 13.3. The lowest BCUT2D eigenvalue weighted by Gasteiger charge is -2.05. The molecule has 0 aliphatic heterocycles. The topological polar surface area (TPSA) is 73.1 Å². The molecule has 0 aliphatic rings. The minimum absolute atomic E-state index is 0.0305. The Morgan fingerprint density at radius 1 is 1.33 bits per heavy atom. The predicted molar refractivity (Wildman–Crippen MR) is 85.1 cm³/mol. The number of benzene rings is 1. The van der Waals surface area contributed by atoms with Crippen molar-refractivity contribution in [2.75, 3.05) is 17.8 Å². The highest BCUT2D eigenvalue weighted by Crippen LogP contribution is 2.29. The van der Waals surface area contributed by atoms with Gasteiger partial charge < -0.3 is 4.52 Å². The summed E-state index contributed by atoms with van der Waals surface area (Å²) < 4.78 is 27.5. The van der Waals surface area contributed by atoms with Gasteiger partial charge in [0.25, 0.3) is 0 Å². The van der Waals surface area contributed by atoms with Gasteiger partial charge in [-0.3, -0.25) is 0 Å². The molecule has 1 heterocycles. The second kappa shape index (κ2) is 6.62. The molecular weight excluding hydrogens is 308 g/mol. The number of hydrogen-bond donors (Lipinski definition) is 0. The van der Waals surface area contributed by atoms with Crippen LogP contribution in [0.15, 0.2) is 28.8 Å². The van der Waals surface area contributed by atoms with E-state index in [0.717, 1.165) is 11.1 Å². The predicted octanol–water partition coefficient (Wildman–Crippen LogP) is 2.88. The zero-order valence-corrected chi connectivity index (χ0v) is 13.9. The van der Waals surface area contributed by atoms with Crippen molar-refractivity contribution in [3.8, 4) is 11.4 Å². The second-order valence-electron chi connectivity index (χ2n) is 4.91. The third-order valence-corrected chi connectivity index (χ3v) is 5.34. The first kappa shape index (κ1) is 16.0. The zero-order chi connectivity index (χ0) is 15.5. The maximum atomic E-state index is 11.1. The van der Waals surface area contributed by atoms with E-state index in [1.807, 2.05) is 38.1 Å². The smallest absolute Gasteiger partial charge is 0.239 e. The summed E-state index contributed by atoms with van der Waals surface area (Å²) in [6.07, 6.45) is 1.24. The first-order valence-corrected chi connectivity index (χ1v) is 9.66. The second-order valence-corrected chi connectivity index (χ2v) is 8.62. The van der Waals surface area contributed by atoms with Crippen LogP contribution in [-0.4, -0.2) is 36.3 Å². The van der Waals surface area contributed by atoms with E-state index < -0.39 is 9.84 Å². The third-order valence-electron chi connectivity index (χ3n) is 3.00. The van der Waals surface area contributed by atoms with E-state index in [0.29, 0.717) is 17.5 Å². The molecule has 0 fully saturated rings. The lowest BCUT2D eigenvalue weighted by Crippen LogP contribution is -2.06. The minimum atomic E-state index is -2.93. The average molecular weight is 326 g/mol. The molecule has 0 amide bonds. The number of sulfone groups is 1.